The zero-order valence-electron chi connectivity index (χ0n) is 8.62. The summed E-state index contributed by atoms with van der Waals surface area (Å²) in [6.45, 7) is 1.28. The van der Waals surface area contributed by atoms with Crippen molar-refractivity contribution >= 4 is 43.5 Å². The second kappa shape index (κ2) is 4.85. The van der Waals surface area contributed by atoms with Gasteiger partial charge < -0.3 is 10.6 Å². The summed E-state index contributed by atoms with van der Waals surface area (Å²) in [4.78, 5) is 13.6. The summed E-state index contributed by atoms with van der Waals surface area (Å²) in [5, 5.41) is 0. The molecule has 1 aromatic carbocycles. The first kappa shape index (κ1) is 12.1. The van der Waals surface area contributed by atoms with Gasteiger partial charge in [0.05, 0.1) is 5.69 Å². The zero-order chi connectivity index (χ0) is 11.7. The summed E-state index contributed by atoms with van der Waals surface area (Å²) in [7, 11) is 0. The highest BCUT2D eigenvalue weighted by Crippen LogP contribution is 2.33. The van der Waals surface area contributed by atoms with Gasteiger partial charge in [0, 0.05) is 21.9 Å². The number of nitrogens with two attached hydrogens (primary N) is 1. The molecule has 3 nitrogen and oxygen atoms in total. The fourth-order valence-corrected chi connectivity index (χ4v) is 2.67. The van der Waals surface area contributed by atoms with Crippen molar-refractivity contribution in [2.75, 3.05) is 18.0 Å². The van der Waals surface area contributed by atoms with Crippen LogP contribution in [0, 0.1) is 5.92 Å². The quantitative estimate of drug-likeness (QED) is 0.893. The van der Waals surface area contributed by atoms with Gasteiger partial charge in [-0.05, 0) is 46.6 Å². The van der Waals surface area contributed by atoms with Gasteiger partial charge in [-0.15, -0.1) is 0 Å². The summed E-state index contributed by atoms with van der Waals surface area (Å²) < 4.78 is 1.90. The lowest BCUT2D eigenvalue weighted by Crippen LogP contribution is -2.26. The van der Waals surface area contributed by atoms with Crippen LogP contribution in [0.15, 0.2) is 27.1 Å². The maximum Gasteiger partial charge on any atom is 0.227 e. The van der Waals surface area contributed by atoms with E-state index in [0.717, 1.165) is 14.6 Å². The van der Waals surface area contributed by atoms with E-state index in [-0.39, 0.29) is 11.8 Å². The number of amides is 1. The van der Waals surface area contributed by atoms with Crippen LogP contribution < -0.4 is 10.6 Å². The van der Waals surface area contributed by atoms with Crippen molar-refractivity contribution < 1.29 is 4.79 Å². The zero-order valence-corrected chi connectivity index (χ0v) is 11.8. The number of nitrogens with zero attached hydrogens (tertiary/aromatic N) is 1. The minimum absolute atomic E-state index is 0.147. The van der Waals surface area contributed by atoms with Crippen LogP contribution in [0.4, 0.5) is 5.69 Å². The third-order valence-electron chi connectivity index (χ3n) is 2.74. The minimum atomic E-state index is 0.147. The van der Waals surface area contributed by atoms with E-state index in [2.05, 4.69) is 31.9 Å². The molecule has 5 heteroatoms. The fourth-order valence-electron chi connectivity index (χ4n) is 1.86. The van der Waals surface area contributed by atoms with Gasteiger partial charge in [-0.1, -0.05) is 15.9 Å². The number of carbonyl (C=O) groups is 1. The molecule has 0 aliphatic carbocycles. The van der Waals surface area contributed by atoms with E-state index < -0.39 is 0 Å². The number of halogens is 2. The van der Waals surface area contributed by atoms with Crippen LogP contribution in [0.5, 0.6) is 0 Å². The monoisotopic (exact) mass is 346 g/mol. The molecule has 1 saturated heterocycles. The van der Waals surface area contributed by atoms with Gasteiger partial charge in [0.25, 0.3) is 0 Å². The first-order valence-electron chi connectivity index (χ1n) is 5.07. The van der Waals surface area contributed by atoms with Crippen molar-refractivity contribution in [1.29, 1.82) is 0 Å². The Labute approximate surface area is 111 Å². The van der Waals surface area contributed by atoms with E-state index >= 15 is 0 Å². The highest BCUT2D eigenvalue weighted by atomic mass is 79.9. The summed E-state index contributed by atoms with van der Waals surface area (Å²) >= 11 is 6.88. The van der Waals surface area contributed by atoms with Crippen LogP contribution in [-0.2, 0) is 4.79 Å². The molecule has 0 aromatic heterocycles. The summed E-state index contributed by atoms with van der Waals surface area (Å²) in [6, 6.07) is 5.82. The predicted octanol–water partition coefficient (Wildman–Crippen LogP) is 2.52. The second-order valence-corrected chi connectivity index (χ2v) is 5.68. The molecular formula is C11H12Br2N2O. The van der Waals surface area contributed by atoms with E-state index in [9.17, 15) is 4.79 Å². The van der Waals surface area contributed by atoms with Crippen LogP contribution in [0.25, 0.3) is 0 Å². The molecule has 86 valence electrons. The van der Waals surface area contributed by atoms with Crippen LogP contribution in [0.1, 0.15) is 6.42 Å². The Morgan fingerprint density at radius 1 is 1.44 bits per heavy atom. The van der Waals surface area contributed by atoms with E-state index in [0.29, 0.717) is 19.5 Å². The molecule has 0 spiro atoms. The molecule has 0 bridgehead atoms. The van der Waals surface area contributed by atoms with Crippen molar-refractivity contribution in [1.82, 2.24) is 0 Å². The molecule has 1 fully saturated rings. The Morgan fingerprint density at radius 2 is 2.19 bits per heavy atom. The number of benzene rings is 1. The van der Waals surface area contributed by atoms with Crippen molar-refractivity contribution in [2.24, 2.45) is 11.7 Å². The van der Waals surface area contributed by atoms with Gasteiger partial charge >= 0.3 is 0 Å². The highest BCUT2D eigenvalue weighted by Gasteiger charge is 2.30. The van der Waals surface area contributed by atoms with E-state index in [1.165, 1.54) is 0 Å². The Kier molecular flexibility index (Phi) is 3.66. The lowest BCUT2D eigenvalue weighted by Gasteiger charge is -2.18. The predicted molar refractivity (Wildman–Crippen MR) is 71.4 cm³/mol. The van der Waals surface area contributed by atoms with Gasteiger partial charge in [-0.2, -0.15) is 0 Å². The van der Waals surface area contributed by atoms with Gasteiger partial charge in [0.2, 0.25) is 5.91 Å². The molecule has 16 heavy (non-hydrogen) atoms. The standard InChI is InChI=1S/C11H12Br2N2O/c12-8-1-2-9(13)10(4-8)15-6-7(5-14)3-11(15)16/h1-2,4,7H,3,5-6,14H2. The molecule has 1 aliphatic rings. The number of rotatable bonds is 2. The smallest absolute Gasteiger partial charge is 0.227 e. The summed E-state index contributed by atoms with van der Waals surface area (Å²) in [5.41, 5.74) is 6.52. The van der Waals surface area contributed by atoms with E-state index in [4.69, 9.17) is 5.73 Å². The van der Waals surface area contributed by atoms with Gasteiger partial charge in [0.1, 0.15) is 0 Å². The van der Waals surface area contributed by atoms with Gasteiger partial charge in [-0.3, -0.25) is 4.79 Å². The van der Waals surface area contributed by atoms with Crippen molar-refractivity contribution in [3.05, 3.63) is 27.1 Å². The summed E-state index contributed by atoms with van der Waals surface area (Å²) in [6.07, 6.45) is 0.551. The maximum absolute atomic E-state index is 11.8. The molecule has 2 N–H and O–H groups in total. The van der Waals surface area contributed by atoms with E-state index in [1.807, 2.05) is 18.2 Å². The van der Waals surface area contributed by atoms with E-state index in [1.54, 1.807) is 4.90 Å². The highest BCUT2D eigenvalue weighted by molar-refractivity contribution is 9.11. The Bertz CT molecular complexity index is 422. The molecular weight excluding hydrogens is 336 g/mol. The topological polar surface area (TPSA) is 46.3 Å². The first-order chi connectivity index (χ1) is 7.61. The minimum Gasteiger partial charge on any atom is -0.330 e. The Balaban J connectivity index is 2.30. The summed E-state index contributed by atoms with van der Waals surface area (Å²) in [5.74, 6) is 0.424. The molecule has 1 aliphatic heterocycles. The third-order valence-corrected chi connectivity index (χ3v) is 3.90. The van der Waals surface area contributed by atoms with Gasteiger partial charge in [-0.25, -0.2) is 0 Å². The second-order valence-electron chi connectivity index (χ2n) is 3.91. The number of carbonyl (C=O) groups excluding carboxylic acids is 1. The Hall–Kier alpha value is -0.390. The number of anilines is 1. The number of hydrogen-bond donors (Lipinski definition) is 1. The normalized spacial score (nSPS) is 20.6. The largest absolute Gasteiger partial charge is 0.330 e. The SMILES string of the molecule is NCC1CC(=O)N(c2cc(Br)ccc2Br)C1. The Morgan fingerprint density at radius 3 is 2.81 bits per heavy atom. The lowest BCUT2D eigenvalue weighted by molar-refractivity contribution is -0.117. The average molecular weight is 348 g/mol. The van der Waals surface area contributed by atoms with Crippen molar-refractivity contribution in [2.45, 2.75) is 6.42 Å². The van der Waals surface area contributed by atoms with Crippen LogP contribution in [0.2, 0.25) is 0 Å². The van der Waals surface area contributed by atoms with Gasteiger partial charge in [0.15, 0.2) is 0 Å². The van der Waals surface area contributed by atoms with Crippen LogP contribution in [-0.4, -0.2) is 19.0 Å². The first-order valence-corrected chi connectivity index (χ1v) is 6.66. The lowest BCUT2D eigenvalue weighted by atomic mass is 10.1. The van der Waals surface area contributed by atoms with Crippen molar-refractivity contribution in [3.63, 3.8) is 0 Å². The third kappa shape index (κ3) is 2.31. The molecule has 2 rings (SSSR count). The average Bonchev–Trinajstić information content (AvgIpc) is 2.63. The molecule has 1 aromatic rings. The molecule has 1 heterocycles. The van der Waals surface area contributed by atoms with Crippen molar-refractivity contribution in [3.8, 4) is 0 Å². The molecule has 1 unspecified atom stereocenters. The van der Waals surface area contributed by atoms with Crippen LogP contribution in [0.3, 0.4) is 0 Å². The molecule has 1 atom stereocenters. The maximum atomic E-state index is 11.8. The molecule has 0 radical (unpaired) electrons. The molecule has 1 amide bonds. The molecule has 0 saturated carbocycles. The fraction of sp³-hybridized carbons (Fsp3) is 0.364. The van der Waals surface area contributed by atoms with Crippen LogP contribution >= 0.6 is 31.9 Å². The number of hydrogen-bond acceptors (Lipinski definition) is 2.